The fraction of sp³-hybridized carbons (Fsp3) is 0.231. The van der Waals surface area contributed by atoms with Gasteiger partial charge in [0.15, 0.2) is 5.78 Å². The highest BCUT2D eigenvalue weighted by atomic mass is 19.1. The van der Waals surface area contributed by atoms with E-state index >= 15 is 0 Å². The van der Waals surface area contributed by atoms with E-state index in [2.05, 4.69) is 5.32 Å². The van der Waals surface area contributed by atoms with Gasteiger partial charge in [-0.2, -0.15) is 0 Å². The van der Waals surface area contributed by atoms with Gasteiger partial charge in [-0.3, -0.25) is 9.59 Å². The van der Waals surface area contributed by atoms with Gasteiger partial charge in [-0.25, -0.2) is 13.2 Å². The topological polar surface area (TPSA) is 46.2 Å². The third-order valence-electron chi connectivity index (χ3n) is 5.84. The van der Waals surface area contributed by atoms with Crippen LogP contribution in [0.25, 0.3) is 0 Å². The van der Waals surface area contributed by atoms with Gasteiger partial charge in [0.2, 0.25) is 5.91 Å². The second-order valence-corrected chi connectivity index (χ2v) is 8.02. The summed E-state index contributed by atoms with van der Waals surface area (Å²) in [4.78, 5) is 25.4. The lowest BCUT2D eigenvalue weighted by Gasteiger charge is -2.30. The van der Waals surface area contributed by atoms with Crippen molar-refractivity contribution in [2.24, 2.45) is 5.92 Å². The number of allylic oxidation sites excluding steroid dienone is 3. The molecule has 1 N–H and O–H groups in total. The lowest BCUT2D eigenvalue weighted by atomic mass is 9.78. The highest BCUT2D eigenvalue weighted by Gasteiger charge is 2.33. The van der Waals surface area contributed by atoms with Crippen LogP contribution in [0.2, 0.25) is 0 Å². The van der Waals surface area contributed by atoms with E-state index in [9.17, 15) is 22.8 Å². The van der Waals surface area contributed by atoms with Gasteiger partial charge in [0.25, 0.3) is 0 Å². The molecular formula is C26H22F3NO2. The van der Waals surface area contributed by atoms with Gasteiger partial charge in [0.1, 0.15) is 17.8 Å². The summed E-state index contributed by atoms with van der Waals surface area (Å²) in [5, 5.41) is 2.99. The molecule has 0 saturated carbocycles. The van der Waals surface area contributed by atoms with E-state index in [0.29, 0.717) is 16.7 Å². The SMILES string of the molecule is O=C1C=CC(C(=O)NC(C2=CCC(F)C=C2)c2ccc(F)cc2)C(c2ccc(F)cc2)C1. The van der Waals surface area contributed by atoms with Crippen LogP contribution in [-0.4, -0.2) is 17.9 Å². The number of rotatable bonds is 5. The molecular weight excluding hydrogens is 415 g/mol. The molecule has 0 fully saturated rings. The van der Waals surface area contributed by atoms with Crippen LogP contribution in [0.5, 0.6) is 0 Å². The van der Waals surface area contributed by atoms with Gasteiger partial charge in [0.05, 0.1) is 12.0 Å². The van der Waals surface area contributed by atoms with E-state index in [1.807, 2.05) is 0 Å². The lowest BCUT2D eigenvalue weighted by molar-refractivity contribution is -0.125. The Morgan fingerprint density at radius 1 is 0.938 bits per heavy atom. The molecule has 1 amide bonds. The van der Waals surface area contributed by atoms with E-state index in [1.54, 1.807) is 42.5 Å². The Morgan fingerprint density at radius 2 is 1.59 bits per heavy atom. The number of benzene rings is 2. The lowest BCUT2D eigenvalue weighted by Crippen LogP contribution is -2.38. The second-order valence-electron chi connectivity index (χ2n) is 8.02. The van der Waals surface area contributed by atoms with Gasteiger partial charge in [0, 0.05) is 18.8 Å². The predicted molar refractivity (Wildman–Crippen MR) is 115 cm³/mol. The largest absolute Gasteiger partial charge is 0.345 e. The van der Waals surface area contributed by atoms with Crippen molar-refractivity contribution in [1.29, 1.82) is 0 Å². The molecule has 2 aromatic carbocycles. The summed E-state index contributed by atoms with van der Waals surface area (Å²) in [6, 6.07) is 10.9. The summed E-state index contributed by atoms with van der Waals surface area (Å²) in [6.07, 6.45) is 6.97. The van der Waals surface area contributed by atoms with E-state index in [0.717, 1.165) is 0 Å². The van der Waals surface area contributed by atoms with E-state index < -0.39 is 35.7 Å². The maximum Gasteiger partial charge on any atom is 0.228 e. The Labute approximate surface area is 184 Å². The average Bonchev–Trinajstić information content (AvgIpc) is 2.79. The third-order valence-corrected chi connectivity index (χ3v) is 5.84. The number of carbonyl (C=O) groups is 2. The van der Waals surface area contributed by atoms with E-state index in [1.165, 1.54) is 36.4 Å². The Hall–Kier alpha value is -3.41. The maximum absolute atomic E-state index is 13.6. The summed E-state index contributed by atoms with van der Waals surface area (Å²) in [7, 11) is 0. The zero-order valence-electron chi connectivity index (χ0n) is 17.2. The smallest absolute Gasteiger partial charge is 0.228 e. The quantitative estimate of drug-likeness (QED) is 0.692. The second kappa shape index (κ2) is 9.39. The maximum atomic E-state index is 13.6. The minimum atomic E-state index is -1.08. The van der Waals surface area contributed by atoms with E-state index in [4.69, 9.17) is 0 Å². The minimum Gasteiger partial charge on any atom is -0.345 e. The highest BCUT2D eigenvalue weighted by Crippen LogP contribution is 2.35. The number of hydrogen-bond donors (Lipinski definition) is 1. The van der Waals surface area contributed by atoms with Crippen LogP contribution in [0, 0.1) is 17.6 Å². The van der Waals surface area contributed by atoms with Crippen LogP contribution in [0.3, 0.4) is 0 Å². The van der Waals surface area contributed by atoms with Crippen LogP contribution < -0.4 is 5.32 Å². The average molecular weight is 437 g/mol. The van der Waals surface area contributed by atoms with Crippen molar-refractivity contribution < 1.29 is 22.8 Å². The van der Waals surface area contributed by atoms with Gasteiger partial charge in [-0.1, -0.05) is 48.6 Å². The van der Waals surface area contributed by atoms with Crippen molar-refractivity contribution in [2.45, 2.75) is 31.0 Å². The number of halogens is 3. The molecule has 164 valence electrons. The Morgan fingerprint density at radius 3 is 2.22 bits per heavy atom. The molecule has 2 aromatic rings. The third kappa shape index (κ3) is 4.90. The Balaban J connectivity index is 1.63. The molecule has 0 saturated heterocycles. The minimum absolute atomic E-state index is 0.106. The molecule has 0 radical (unpaired) electrons. The van der Waals surface area contributed by atoms with Crippen LogP contribution in [-0.2, 0) is 9.59 Å². The zero-order valence-corrected chi connectivity index (χ0v) is 17.2. The normalized spacial score (nSPS) is 23.5. The summed E-state index contributed by atoms with van der Waals surface area (Å²) >= 11 is 0. The van der Waals surface area contributed by atoms with Gasteiger partial charge in [-0.15, -0.1) is 0 Å². The fourth-order valence-electron chi connectivity index (χ4n) is 4.14. The number of hydrogen-bond acceptors (Lipinski definition) is 2. The van der Waals surface area contributed by atoms with Crippen molar-refractivity contribution in [2.75, 3.05) is 0 Å². The molecule has 0 heterocycles. The van der Waals surface area contributed by atoms with E-state index in [-0.39, 0.29) is 24.5 Å². The zero-order chi connectivity index (χ0) is 22.7. The molecule has 4 unspecified atom stereocenters. The van der Waals surface area contributed by atoms with Crippen LogP contribution in [0.15, 0.2) is 84.5 Å². The Bertz CT molecular complexity index is 1090. The first kappa shape index (κ1) is 21.8. The van der Waals surface area contributed by atoms with Crippen LogP contribution in [0.1, 0.15) is 35.9 Å². The summed E-state index contributed by atoms with van der Waals surface area (Å²) in [6.45, 7) is 0. The number of ketones is 1. The monoisotopic (exact) mass is 437 g/mol. The van der Waals surface area contributed by atoms with Gasteiger partial charge < -0.3 is 5.32 Å². The molecule has 0 bridgehead atoms. The molecule has 3 nitrogen and oxygen atoms in total. The number of carbonyl (C=O) groups excluding carboxylic acids is 2. The molecule has 0 aliphatic heterocycles. The van der Waals surface area contributed by atoms with Crippen LogP contribution >= 0.6 is 0 Å². The van der Waals surface area contributed by atoms with Crippen molar-refractivity contribution in [3.8, 4) is 0 Å². The van der Waals surface area contributed by atoms with Crippen molar-refractivity contribution in [1.82, 2.24) is 5.32 Å². The molecule has 4 atom stereocenters. The van der Waals surface area contributed by atoms with Crippen molar-refractivity contribution in [3.63, 3.8) is 0 Å². The Kier molecular flexibility index (Phi) is 6.40. The molecule has 4 rings (SSSR count). The van der Waals surface area contributed by atoms with Gasteiger partial charge >= 0.3 is 0 Å². The standard InChI is InChI=1S/C26H22F3NO2/c27-19-7-1-16(2-8-19)24-15-22(31)13-14-23(24)26(32)30-25(17-3-9-20(28)10-4-17)18-5-11-21(29)12-6-18/h1-11,13-14,21,23-25H,12,15H2,(H,30,32). The van der Waals surface area contributed by atoms with Gasteiger partial charge in [-0.05, 0) is 47.0 Å². The summed E-state index contributed by atoms with van der Waals surface area (Å²) in [5.41, 5.74) is 2.05. The van der Waals surface area contributed by atoms with Crippen LogP contribution in [0.4, 0.5) is 13.2 Å². The molecule has 32 heavy (non-hydrogen) atoms. The molecule has 2 aliphatic rings. The number of nitrogens with one attached hydrogen (secondary N) is 1. The first-order valence-electron chi connectivity index (χ1n) is 10.5. The summed E-state index contributed by atoms with van der Waals surface area (Å²) < 4.78 is 40.4. The molecule has 0 aromatic heterocycles. The fourth-order valence-corrected chi connectivity index (χ4v) is 4.14. The molecule has 6 heteroatoms. The number of amides is 1. The predicted octanol–water partition coefficient (Wildman–Crippen LogP) is 5.28. The highest BCUT2D eigenvalue weighted by molar-refractivity contribution is 5.95. The summed E-state index contributed by atoms with van der Waals surface area (Å²) in [5.74, 6) is -2.32. The number of alkyl halides is 1. The molecule has 0 spiro atoms. The van der Waals surface area contributed by atoms with Crippen molar-refractivity contribution in [3.05, 3.63) is 107 Å². The van der Waals surface area contributed by atoms with Crippen molar-refractivity contribution >= 4 is 11.7 Å². The molecule has 2 aliphatic carbocycles. The first-order chi connectivity index (χ1) is 15.4. The first-order valence-corrected chi connectivity index (χ1v) is 10.5.